The lowest BCUT2D eigenvalue weighted by atomic mass is 10.0. The van der Waals surface area contributed by atoms with Crippen molar-refractivity contribution in [2.75, 3.05) is 12.4 Å². The molecule has 0 saturated carbocycles. The maximum atomic E-state index is 12.8. The van der Waals surface area contributed by atoms with Crippen LogP contribution in [0.1, 0.15) is 20.7 Å². The van der Waals surface area contributed by atoms with Crippen LogP contribution in [0.4, 0.5) is 0 Å². The van der Waals surface area contributed by atoms with Crippen molar-refractivity contribution < 1.29 is 32.0 Å². The van der Waals surface area contributed by atoms with Crippen LogP contribution < -0.4 is 4.74 Å². The maximum Gasteiger partial charge on any atom is 0.344 e. The molecule has 0 aromatic heterocycles. The fourth-order valence-corrected chi connectivity index (χ4v) is 5.40. The van der Waals surface area contributed by atoms with Crippen LogP contribution in [0.25, 0.3) is 10.8 Å². The summed E-state index contributed by atoms with van der Waals surface area (Å²) in [6, 6.07) is 13.5. The van der Waals surface area contributed by atoms with Gasteiger partial charge in [-0.25, -0.2) is 9.59 Å². The van der Waals surface area contributed by atoms with E-state index in [2.05, 4.69) is 67.8 Å². The quantitative estimate of drug-likeness (QED) is 0.125. The van der Waals surface area contributed by atoms with E-state index in [1.807, 2.05) is 6.07 Å². The second-order valence-electron chi connectivity index (χ2n) is 6.22. The zero-order valence-corrected chi connectivity index (χ0v) is 22.8. The number of hydrogen-bond donors (Lipinski definition) is 1. The van der Waals surface area contributed by atoms with Gasteiger partial charge in [0.2, 0.25) is 0 Å². The molecule has 3 aromatic rings. The standard InChI is InChI=1S/C20H13I3O7S/c21-11-9-15(18(23)16(22)10-11)20(25)30-17-6-2-3-12-13(17)4-1-5-14(12)19(24)29-7-8-31(26,27)28/h1-6,9-10H,7-8H2,(H,26,27,28). The summed E-state index contributed by atoms with van der Waals surface area (Å²) in [4.78, 5) is 25.2. The topological polar surface area (TPSA) is 107 Å². The Balaban J connectivity index is 1.91. The Bertz CT molecular complexity index is 1290. The molecular formula is C20H13I3O7S. The van der Waals surface area contributed by atoms with Gasteiger partial charge < -0.3 is 9.47 Å². The summed E-state index contributed by atoms with van der Waals surface area (Å²) in [7, 11) is -4.24. The van der Waals surface area contributed by atoms with Crippen LogP contribution in [-0.4, -0.2) is 37.3 Å². The molecule has 3 aromatic carbocycles. The monoisotopic (exact) mass is 778 g/mol. The molecule has 3 rings (SSSR count). The second kappa shape index (κ2) is 10.3. The molecule has 0 aliphatic carbocycles. The van der Waals surface area contributed by atoms with E-state index in [9.17, 15) is 18.0 Å². The minimum atomic E-state index is -4.24. The number of halogens is 3. The molecule has 0 aliphatic rings. The largest absolute Gasteiger partial charge is 0.461 e. The number of benzene rings is 3. The average Bonchev–Trinajstić information content (AvgIpc) is 2.69. The Hall–Kier alpha value is -1.04. The summed E-state index contributed by atoms with van der Waals surface area (Å²) in [5, 5.41) is 1.01. The molecule has 31 heavy (non-hydrogen) atoms. The van der Waals surface area contributed by atoms with E-state index in [0.717, 1.165) is 10.7 Å². The molecule has 0 unspecified atom stereocenters. The Labute approximate surface area is 219 Å². The summed E-state index contributed by atoms with van der Waals surface area (Å²) in [5.74, 6) is -1.69. The van der Waals surface area contributed by atoms with E-state index in [1.165, 1.54) is 6.07 Å². The second-order valence-corrected chi connectivity index (χ2v) is 11.3. The lowest BCUT2D eigenvalue weighted by molar-refractivity contribution is 0.0530. The highest BCUT2D eigenvalue weighted by Gasteiger charge is 2.19. The average molecular weight is 778 g/mol. The summed E-state index contributed by atoms with van der Waals surface area (Å²) < 4.78 is 43.6. The van der Waals surface area contributed by atoms with Crippen molar-refractivity contribution in [3.63, 3.8) is 0 Å². The fourth-order valence-electron chi connectivity index (χ4n) is 2.72. The van der Waals surface area contributed by atoms with Crippen LogP contribution >= 0.6 is 67.8 Å². The molecule has 11 heteroatoms. The third kappa shape index (κ3) is 6.27. The molecule has 1 N–H and O–H groups in total. The SMILES string of the molecule is O=C(Oc1cccc2c(C(=O)OCCS(=O)(=O)O)cccc12)c1cc(I)cc(I)c1I. The first-order valence-electron chi connectivity index (χ1n) is 8.57. The van der Waals surface area contributed by atoms with E-state index in [1.54, 1.807) is 36.4 Å². The summed E-state index contributed by atoms with van der Waals surface area (Å²) in [6.45, 7) is -0.480. The van der Waals surface area contributed by atoms with Crippen molar-refractivity contribution in [3.05, 3.63) is 70.4 Å². The van der Waals surface area contributed by atoms with E-state index in [0.29, 0.717) is 16.3 Å². The lowest BCUT2D eigenvalue weighted by Gasteiger charge is -2.12. The predicted molar refractivity (Wildman–Crippen MR) is 140 cm³/mol. The van der Waals surface area contributed by atoms with Crippen LogP contribution in [0, 0.1) is 10.7 Å². The van der Waals surface area contributed by atoms with Gasteiger partial charge >= 0.3 is 11.9 Å². The van der Waals surface area contributed by atoms with Gasteiger partial charge in [-0.3, -0.25) is 4.55 Å². The third-order valence-electron chi connectivity index (χ3n) is 4.09. The van der Waals surface area contributed by atoms with Crippen molar-refractivity contribution in [3.8, 4) is 5.75 Å². The number of fused-ring (bicyclic) bond motifs is 1. The molecule has 162 valence electrons. The van der Waals surface area contributed by atoms with Crippen LogP contribution in [-0.2, 0) is 14.9 Å². The lowest BCUT2D eigenvalue weighted by Crippen LogP contribution is -2.15. The van der Waals surface area contributed by atoms with Gasteiger partial charge in [0, 0.05) is 16.1 Å². The minimum Gasteiger partial charge on any atom is -0.461 e. The number of esters is 2. The van der Waals surface area contributed by atoms with Crippen LogP contribution in [0.3, 0.4) is 0 Å². The number of carbonyl (C=O) groups excluding carboxylic acids is 2. The molecule has 0 amide bonds. The minimum absolute atomic E-state index is 0.184. The molecule has 0 atom stereocenters. The van der Waals surface area contributed by atoms with Crippen molar-refractivity contribution in [1.29, 1.82) is 0 Å². The highest BCUT2D eigenvalue weighted by molar-refractivity contribution is 14.1. The first-order chi connectivity index (χ1) is 14.6. The van der Waals surface area contributed by atoms with E-state index >= 15 is 0 Å². The maximum absolute atomic E-state index is 12.8. The molecule has 7 nitrogen and oxygen atoms in total. The van der Waals surface area contributed by atoms with Crippen LogP contribution in [0.5, 0.6) is 5.75 Å². The molecular weight excluding hydrogens is 765 g/mol. The molecule has 0 bridgehead atoms. The Morgan fingerprint density at radius 1 is 0.903 bits per heavy atom. The number of carbonyl (C=O) groups is 2. The highest BCUT2D eigenvalue weighted by atomic mass is 127. The predicted octanol–water partition coefficient (Wildman–Crippen LogP) is 4.92. The van der Waals surface area contributed by atoms with Gasteiger partial charge in [0.15, 0.2) is 0 Å². The van der Waals surface area contributed by atoms with Gasteiger partial charge in [-0.1, -0.05) is 24.3 Å². The first kappa shape index (κ1) is 24.6. The first-order valence-corrected chi connectivity index (χ1v) is 13.4. The van der Waals surface area contributed by atoms with Crippen LogP contribution in [0.2, 0.25) is 0 Å². The Morgan fingerprint density at radius 2 is 1.58 bits per heavy atom. The van der Waals surface area contributed by atoms with E-state index < -0.39 is 34.4 Å². The number of rotatable bonds is 6. The Morgan fingerprint density at radius 3 is 2.29 bits per heavy atom. The van der Waals surface area contributed by atoms with Gasteiger partial charge in [-0.2, -0.15) is 8.42 Å². The van der Waals surface area contributed by atoms with Crippen molar-refractivity contribution in [2.24, 2.45) is 0 Å². The van der Waals surface area contributed by atoms with Crippen molar-refractivity contribution in [2.45, 2.75) is 0 Å². The summed E-state index contributed by atoms with van der Waals surface area (Å²) in [6.07, 6.45) is 0. The van der Waals surface area contributed by atoms with Crippen molar-refractivity contribution in [1.82, 2.24) is 0 Å². The third-order valence-corrected chi connectivity index (χ3v) is 8.44. The van der Waals surface area contributed by atoms with Gasteiger partial charge in [0.1, 0.15) is 18.1 Å². The highest BCUT2D eigenvalue weighted by Crippen LogP contribution is 2.30. The van der Waals surface area contributed by atoms with Gasteiger partial charge in [-0.15, -0.1) is 0 Å². The van der Waals surface area contributed by atoms with Crippen LogP contribution in [0.15, 0.2) is 48.5 Å². The number of ether oxygens (including phenoxy) is 2. The smallest absolute Gasteiger partial charge is 0.344 e. The molecule has 0 aliphatic heterocycles. The molecule has 0 saturated heterocycles. The van der Waals surface area contributed by atoms with E-state index in [-0.39, 0.29) is 11.3 Å². The normalized spacial score (nSPS) is 11.4. The molecule has 0 fully saturated rings. The van der Waals surface area contributed by atoms with Crippen molar-refractivity contribution >= 4 is 101 Å². The van der Waals surface area contributed by atoms with Gasteiger partial charge in [-0.05, 0) is 97.4 Å². The molecule has 0 spiro atoms. The molecule has 0 heterocycles. The summed E-state index contributed by atoms with van der Waals surface area (Å²) >= 11 is 6.39. The number of hydrogen-bond acceptors (Lipinski definition) is 6. The Kier molecular flexibility index (Phi) is 8.15. The fraction of sp³-hybridized carbons (Fsp3) is 0.100. The van der Waals surface area contributed by atoms with E-state index in [4.69, 9.17) is 14.0 Å². The zero-order chi connectivity index (χ0) is 22.8. The van der Waals surface area contributed by atoms with Gasteiger partial charge in [0.25, 0.3) is 10.1 Å². The zero-order valence-electron chi connectivity index (χ0n) is 15.5. The molecule has 0 radical (unpaired) electrons. The summed E-state index contributed by atoms with van der Waals surface area (Å²) in [5.41, 5.74) is 0.624. The van der Waals surface area contributed by atoms with Gasteiger partial charge in [0.05, 0.1) is 11.1 Å².